The van der Waals surface area contributed by atoms with E-state index in [9.17, 15) is 0 Å². The quantitative estimate of drug-likeness (QED) is 0.853. The van der Waals surface area contributed by atoms with Gasteiger partial charge in [0.1, 0.15) is 5.75 Å². The Morgan fingerprint density at radius 1 is 1.25 bits per heavy atom. The maximum absolute atomic E-state index is 5.83. The molecule has 0 aliphatic heterocycles. The average molecular weight is 215 g/mol. The van der Waals surface area contributed by atoms with Gasteiger partial charge >= 0.3 is 0 Å². The Bertz CT molecular complexity index is 457. The third-order valence-corrected chi connectivity index (χ3v) is 2.14. The molecule has 0 radical (unpaired) electrons. The van der Waals surface area contributed by atoms with Crippen LogP contribution in [0.15, 0.2) is 42.9 Å². The van der Waals surface area contributed by atoms with Gasteiger partial charge in [0.15, 0.2) is 0 Å². The highest BCUT2D eigenvalue weighted by atomic mass is 16.5. The van der Waals surface area contributed by atoms with E-state index in [-0.39, 0.29) is 6.04 Å². The zero-order chi connectivity index (χ0) is 11.4. The number of aromatic nitrogens is 2. The Labute approximate surface area is 94.1 Å². The van der Waals surface area contributed by atoms with Crippen LogP contribution in [0.25, 0.3) is 0 Å². The molecular weight excluding hydrogens is 202 g/mol. The molecule has 4 heteroatoms. The molecular formula is C12H13N3O. The van der Waals surface area contributed by atoms with Gasteiger partial charge in [0, 0.05) is 24.0 Å². The lowest BCUT2D eigenvalue weighted by Gasteiger charge is -2.11. The summed E-state index contributed by atoms with van der Waals surface area (Å²) in [5, 5.41) is 0. The van der Waals surface area contributed by atoms with Crippen LogP contribution in [0.5, 0.6) is 11.6 Å². The molecule has 0 saturated heterocycles. The maximum atomic E-state index is 5.83. The third-order valence-electron chi connectivity index (χ3n) is 2.14. The molecule has 0 amide bonds. The predicted octanol–water partition coefficient (Wildman–Crippen LogP) is 2.29. The van der Waals surface area contributed by atoms with Gasteiger partial charge < -0.3 is 10.5 Å². The van der Waals surface area contributed by atoms with Crippen LogP contribution >= 0.6 is 0 Å². The first-order valence-electron chi connectivity index (χ1n) is 5.06. The van der Waals surface area contributed by atoms with Gasteiger partial charge in [-0.3, -0.25) is 4.98 Å². The number of ether oxygens (including phenoxy) is 1. The number of nitrogens with zero attached hydrogens (tertiary/aromatic N) is 2. The minimum atomic E-state index is -0.111. The summed E-state index contributed by atoms with van der Waals surface area (Å²) in [4.78, 5) is 8.14. The molecule has 0 aliphatic carbocycles. The van der Waals surface area contributed by atoms with Gasteiger partial charge in [-0.05, 0) is 25.1 Å². The molecule has 0 fully saturated rings. The Hall–Kier alpha value is -1.94. The molecule has 82 valence electrons. The van der Waals surface area contributed by atoms with E-state index >= 15 is 0 Å². The fourth-order valence-electron chi connectivity index (χ4n) is 1.35. The fraction of sp³-hybridized carbons (Fsp3) is 0.167. The first-order chi connectivity index (χ1) is 7.77. The Kier molecular flexibility index (Phi) is 3.12. The van der Waals surface area contributed by atoms with E-state index in [2.05, 4.69) is 9.97 Å². The van der Waals surface area contributed by atoms with E-state index in [1.165, 1.54) is 0 Å². The molecule has 4 nitrogen and oxygen atoms in total. The first-order valence-corrected chi connectivity index (χ1v) is 5.06. The summed E-state index contributed by atoms with van der Waals surface area (Å²) >= 11 is 0. The lowest BCUT2D eigenvalue weighted by molar-refractivity contribution is 0.450. The normalized spacial score (nSPS) is 12.1. The Balaban J connectivity index is 2.28. The smallest absolute Gasteiger partial charge is 0.224 e. The van der Waals surface area contributed by atoms with E-state index in [1.807, 2.05) is 31.2 Å². The molecule has 2 rings (SSSR count). The van der Waals surface area contributed by atoms with E-state index in [0.717, 1.165) is 5.56 Å². The van der Waals surface area contributed by atoms with Crippen LogP contribution in [0, 0.1) is 0 Å². The van der Waals surface area contributed by atoms with Gasteiger partial charge in [-0.1, -0.05) is 6.07 Å². The molecule has 0 aliphatic rings. The molecule has 0 aromatic carbocycles. The van der Waals surface area contributed by atoms with Crippen LogP contribution in [0.2, 0.25) is 0 Å². The van der Waals surface area contributed by atoms with E-state index in [4.69, 9.17) is 10.5 Å². The summed E-state index contributed by atoms with van der Waals surface area (Å²) in [6.45, 7) is 1.90. The standard InChI is InChI=1S/C12H13N3O/c1-9(13)11-5-3-7-15-12(11)16-10-4-2-6-14-8-10/h2-9H,13H2,1H3/t9-/m1/s1. The number of pyridine rings is 2. The highest BCUT2D eigenvalue weighted by Crippen LogP contribution is 2.25. The second kappa shape index (κ2) is 4.72. The summed E-state index contributed by atoms with van der Waals surface area (Å²) in [6.07, 6.45) is 5.01. The number of nitrogens with two attached hydrogens (primary N) is 1. The van der Waals surface area contributed by atoms with Crippen LogP contribution in [-0.4, -0.2) is 9.97 Å². The van der Waals surface area contributed by atoms with Crippen LogP contribution in [-0.2, 0) is 0 Å². The van der Waals surface area contributed by atoms with Crippen molar-refractivity contribution >= 4 is 0 Å². The minimum Gasteiger partial charge on any atom is -0.437 e. The topological polar surface area (TPSA) is 61.0 Å². The Morgan fingerprint density at radius 3 is 2.75 bits per heavy atom. The van der Waals surface area contributed by atoms with Crippen molar-refractivity contribution in [3.05, 3.63) is 48.4 Å². The van der Waals surface area contributed by atoms with Gasteiger partial charge in [-0.2, -0.15) is 0 Å². The van der Waals surface area contributed by atoms with Crippen molar-refractivity contribution in [2.24, 2.45) is 5.73 Å². The molecule has 0 bridgehead atoms. The lowest BCUT2D eigenvalue weighted by atomic mass is 10.1. The van der Waals surface area contributed by atoms with Crippen molar-refractivity contribution in [3.63, 3.8) is 0 Å². The van der Waals surface area contributed by atoms with Crippen molar-refractivity contribution in [2.75, 3.05) is 0 Å². The van der Waals surface area contributed by atoms with Crippen molar-refractivity contribution in [2.45, 2.75) is 13.0 Å². The zero-order valence-corrected chi connectivity index (χ0v) is 9.00. The molecule has 2 N–H and O–H groups in total. The summed E-state index contributed by atoms with van der Waals surface area (Å²) in [5.74, 6) is 1.19. The molecule has 0 unspecified atom stereocenters. The van der Waals surface area contributed by atoms with Crippen LogP contribution < -0.4 is 10.5 Å². The van der Waals surface area contributed by atoms with Crippen molar-refractivity contribution in [1.82, 2.24) is 9.97 Å². The van der Waals surface area contributed by atoms with Gasteiger partial charge in [0.05, 0.1) is 6.20 Å². The SMILES string of the molecule is C[C@@H](N)c1cccnc1Oc1cccnc1. The molecule has 0 spiro atoms. The van der Waals surface area contributed by atoms with E-state index in [0.29, 0.717) is 11.6 Å². The van der Waals surface area contributed by atoms with Crippen LogP contribution in [0.4, 0.5) is 0 Å². The first kappa shape index (κ1) is 10.6. The summed E-state index contributed by atoms with van der Waals surface area (Å²) in [7, 11) is 0. The van der Waals surface area contributed by atoms with Crippen molar-refractivity contribution < 1.29 is 4.74 Å². The van der Waals surface area contributed by atoms with Gasteiger partial charge in [-0.15, -0.1) is 0 Å². The molecule has 0 saturated carbocycles. The molecule has 2 aromatic heterocycles. The average Bonchev–Trinajstić information content (AvgIpc) is 2.31. The number of hydrogen-bond donors (Lipinski definition) is 1. The Morgan fingerprint density at radius 2 is 2.06 bits per heavy atom. The predicted molar refractivity (Wildman–Crippen MR) is 61.2 cm³/mol. The van der Waals surface area contributed by atoms with Gasteiger partial charge in [-0.25, -0.2) is 4.98 Å². The highest BCUT2D eigenvalue weighted by Gasteiger charge is 2.09. The molecule has 1 atom stereocenters. The second-order valence-corrected chi connectivity index (χ2v) is 3.48. The van der Waals surface area contributed by atoms with Crippen LogP contribution in [0.3, 0.4) is 0 Å². The number of hydrogen-bond acceptors (Lipinski definition) is 4. The summed E-state index contributed by atoms with van der Waals surface area (Å²) in [5.41, 5.74) is 6.71. The second-order valence-electron chi connectivity index (χ2n) is 3.48. The number of rotatable bonds is 3. The third kappa shape index (κ3) is 2.35. The maximum Gasteiger partial charge on any atom is 0.224 e. The fourth-order valence-corrected chi connectivity index (χ4v) is 1.35. The van der Waals surface area contributed by atoms with Crippen LogP contribution in [0.1, 0.15) is 18.5 Å². The minimum absolute atomic E-state index is 0.111. The van der Waals surface area contributed by atoms with E-state index in [1.54, 1.807) is 18.6 Å². The highest BCUT2D eigenvalue weighted by molar-refractivity contribution is 5.32. The van der Waals surface area contributed by atoms with Crippen molar-refractivity contribution in [3.8, 4) is 11.6 Å². The monoisotopic (exact) mass is 215 g/mol. The van der Waals surface area contributed by atoms with Gasteiger partial charge in [0.2, 0.25) is 5.88 Å². The summed E-state index contributed by atoms with van der Waals surface area (Å²) in [6, 6.07) is 7.27. The molecule has 16 heavy (non-hydrogen) atoms. The molecule has 2 heterocycles. The largest absolute Gasteiger partial charge is 0.437 e. The lowest BCUT2D eigenvalue weighted by Crippen LogP contribution is -2.07. The van der Waals surface area contributed by atoms with E-state index < -0.39 is 0 Å². The summed E-state index contributed by atoms with van der Waals surface area (Å²) < 4.78 is 5.62. The van der Waals surface area contributed by atoms with Gasteiger partial charge in [0.25, 0.3) is 0 Å². The zero-order valence-electron chi connectivity index (χ0n) is 9.00. The molecule has 2 aromatic rings. The van der Waals surface area contributed by atoms with Crippen molar-refractivity contribution in [1.29, 1.82) is 0 Å².